The van der Waals surface area contributed by atoms with Gasteiger partial charge in [0.1, 0.15) is 0 Å². The number of aliphatic hydroxyl groups excluding tert-OH is 1. The summed E-state index contributed by atoms with van der Waals surface area (Å²) in [6.07, 6.45) is 4.70. The van der Waals surface area contributed by atoms with Gasteiger partial charge in [-0.3, -0.25) is 0 Å². The lowest BCUT2D eigenvalue weighted by atomic mass is 9.92. The predicted octanol–water partition coefficient (Wildman–Crippen LogP) is 1.07. The number of rotatable bonds is 3. The van der Waals surface area contributed by atoms with Crippen molar-refractivity contribution >= 4 is 0 Å². The molecular formula is C9H17NO. The van der Waals surface area contributed by atoms with Crippen LogP contribution in [0.2, 0.25) is 0 Å². The highest BCUT2D eigenvalue weighted by atomic mass is 16.3. The summed E-state index contributed by atoms with van der Waals surface area (Å²) in [5.41, 5.74) is 1.38. The molecule has 0 aromatic carbocycles. The Kier molecular flexibility index (Phi) is 3.60. The molecule has 0 radical (unpaired) electrons. The lowest BCUT2D eigenvalue weighted by Gasteiger charge is -2.23. The first-order chi connectivity index (χ1) is 5.33. The van der Waals surface area contributed by atoms with Crippen LogP contribution in [0.15, 0.2) is 12.2 Å². The molecule has 0 atom stereocenters. The number of nitrogens with one attached hydrogen (secondary N) is 1. The number of aliphatic hydroxyl groups is 1. The lowest BCUT2D eigenvalue weighted by molar-refractivity contribution is 0.277. The molecule has 0 amide bonds. The molecule has 1 aliphatic rings. The van der Waals surface area contributed by atoms with Gasteiger partial charge in [0.25, 0.3) is 0 Å². The third-order valence-corrected chi connectivity index (χ3v) is 2.24. The van der Waals surface area contributed by atoms with Crippen molar-refractivity contribution in [1.82, 2.24) is 5.32 Å². The molecule has 2 nitrogen and oxygen atoms in total. The van der Waals surface area contributed by atoms with Gasteiger partial charge >= 0.3 is 0 Å². The first kappa shape index (κ1) is 8.75. The first-order valence-corrected chi connectivity index (χ1v) is 4.34. The van der Waals surface area contributed by atoms with Gasteiger partial charge in [0, 0.05) is 12.6 Å². The molecule has 0 heterocycles. The molecule has 0 bridgehead atoms. The van der Waals surface area contributed by atoms with Crippen LogP contribution in [0.5, 0.6) is 0 Å². The van der Waals surface area contributed by atoms with Gasteiger partial charge in [-0.05, 0) is 25.7 Å². The van der Waals surface area contributed by atoms with Crippen molar-refractivity contribution in [2.24, 2.45) is 0 Å². The number of allylic oxidation sites excluding steroid dienone is 1. The zero-order chi connectivity index (χ0) is 8.10. The van der Waals surface area contributed by atoms with Crippen molar-refractivity contribution in [2.45, 2.75) is 31.7 Å². The van der Waals surface area contributed by atoms with Crippen LogP contribution >= 0.6 is 0 Å². The van der Waals surface area contributed by atoms with Gasteiger partial charge in [0.05, 0.1) is 6.61 Å². The van der Waals surface area contributed by atoms with Crippen molar-refractivity contribution in [2.75, 3.05) is 13.2 Å². The molecule has 2 N–H and O–H groups in total. The zero-order valence-electron chi connectivity index (χ0n) is 6.97. The van der Waals surface area contributed by atoms with E-state index in [-0.39, 0.29) is 6.61 Å². The summed E-state index contributed by atoms with van der Waals surface area (Å²) >= 11 is 0. The summed E-state index contributed by atoms with van der Waals surface area (Å²) in [6, 6.07) is 0.618. The van der Waals surface area contributed by atoms with Crippen LogP contribution in [0, 0.1) is 0 Å². The van der Waals surface area contributed by atoms with Gasteiger partial charge in [0.2, 0.25) is 0 Å². The van der Waals surface area contributed by atoms with E-state index in [4.69, 9.17) is 5.11 Å². The van der Waals surface area contributed by atoms with Crippen LogP contribution in [0.3, 0.4) is 0 Å². The molecule has 64 valence electrons. The average Bonchev–Trinajstić information content (AvgIpc) is 2.04. The molecule has 0 aromatic rings. The van der Waals surface area contributed by atoms with Gasteiger partial charge in [-0.2, -0.15) is 0 Å². The van der Waals surface area contributed by atoms with E-state index in [9.17, 15) is 0 Å². The van der Waals surface area contributed by atoms with Crippen LogP contribution in [-0.4, -0.2) is 24.3 Å². The van der Waals surface area contributed by atoms with E-state index in [1.165, 1.54) is 18.4 Å². The van der Waals surface area contributed by atoms with Gasteiger partial charge in [-0.1, -0.05) is 12.2 Å². The Morgan fingerprint density at radius 3 is 2.64 bits per heavy atom. The summed E-state index contributed by atoms with van der Waals surface area (Å²) in [7, 11) is 0. The quantitative estimate of drug-likeness (QED) is 0.597. The van der Waals surface area contributed by atoms with Crippen LogP contribution < -0.4 is 5.32 Å². The largest absolute Gasteiger partial charge is 0.395 e. The summed E-state index contributed by atoms with van der Waals surface area (Å²) in [5.74, 6) is 0. The molecule has 0 unspecified atom stereocenters. The molecule has 0 aromatic heterocycles. The standard InChI is InChI=1S/C9H17NO/c1-8-2-4-9(5-3-8)10-6-7-11/h9-11H,1-7H2. The maximum Gasteiger partial charge on any atom is 0.0556 e. The van der Waals surface area contributed by atoms with E-state index < -0.39 is 0 Å². The fourth-order valence-electron chi connectivity index (χ4n) is 1.50. The Morgan fingerprint density at radius 1 is 1.45 bits per heavy atom. The second kappa shape index (κ2) is 4.52. The molecule has 11 heavy (non-hydrogen) atoms. The monoisotopic (exact) mass is 155 g/mol. The summed E-state index contributed by atoms with van der Waals surface area (Å²) in [6.45, 7) is 4.93. The molecule has 1 rings (SSSR count). The third kappa shape index (κ3) is 3.04. The van der Waals surface area contributed by atoms with E-state index in [2.05, 4.69) is 11.9 Å². The zero-order valence-corrected chi connectivity index (χ0v) is 6.97. The molecule has 1 aliphatic carbocycles. The summed E-state index contributed by atoms with van der Waals surface area (Å²) in [5, 5.41) is 11.9. The highest BCUT2D eigenvalue weighted by Gasteiger charge is 2.13. The van der Waals surface area contributed by atoms with Crippen molar-refractivity contribution < 1.29 is 5.11 Å². The maximum atomic E-state index is 8.57. The van der Waals surface area contributed by atoms with Crippen molar-refractivity contribution in [1.29, 1.82) is 0 Å². The summed E-state index contributed by atoms with van der Waals surface area (Å²) < 4.78 is 0. The first-order valence-electron chi connectivity index (χ1n) is 4.34. The van der Waals surface area contributed by atoms with Crippen LogP contribution in [0.25, 0.3) is 0 Å². The lowest BCUT2D eigenvalue weighted by Crippen LogP contribution is -2.33. The molecule has 2 heteroatoms. The van der Waals surface area contributed by atoms with Gasteiger partial charge < -0.3 is 10.4 Å². The Hall–Kier alpha value is -0.340. The Labute approximate surface area is 68.3 Å². The number of hydrogen-bond acceptors (Lipinski definition) is 2. The third-order valence-electron chi connectivity index (χ3n) is 2.24. The van der Waals surface area contributed by atoms with Crippen molar-refractivity contribution in [3.8, 4) is 0 Å². The van der Waals surface area contributed by atoms with Crippen LogP contribution in [0.1, 0.15) is 25.7 Å². The van der Waals surface area contributed by atoms with E-state index in [1.54, 1.807) is 0 Å². The molecule has 0 saturated heterocycles. The molecular weight excluding hydrogens is 138 g/mol. The van der Waals surface area contributed by atoms with Gasteiger partial charge in [-0.15, -0.1) is 0 Å². The molecule has 1 fully saturated rings. The highest BCUT2D eigenvalue weighted by molar-refractivity contribution is 4.99. The minimum atomic E-state index is 0.247. The van der Waals surface area contributed by atoms with E-state index in [0.717, 1.165) is 19.4 Å². The fourth-order valence-corrected chi connectivity index (χ4v) is 1.50. The minimum Gasteiger partial charge on any atom is -0.395 e. The maximum absolute atomic E-state index is 8.57. The molecule has 0 aliphatic heterocycles. The SMILES string of the molecule is C=C1CCC(NCCO)CC1. The van der Waals surface area contributed by atoms with Crippen molar-refractivity contribution in [3.05, 3.63) is 12.2 Å². The normalized spacial score (nSPS) is 20.6. The second-order valence-corrected chi connectivity index (χ2v) is 3.20. The van der Waals surface area contributed by atoms with Gasteiger partial charge in [-0.25, -0.2) is 0 Å². The molecule has 1 saturated carbocycles. The van der Waals surface area contributed by atoms with Crippen molar-refractivity contribution in [3.63, 3.8) is 0 Å². The minimum absolute atomic E-state index is 0.247. The predicted molar refractivity (Wildman–Crippen MR) is 46.5 cm³/mol. The fraction of sp³-hybridized carbons (Fsp3) is 0.778. The number of hydrogen-bond donors (Lipinski definition) is 2. The average molecular weight is 155 g/mol. The van der Waals surface area contributed by atoms with E-state index in [1.807, 2.05) is 0 Å². The van der Waals surface area contributed by atoms with Gasteiger partial charge in [0.15, 0.2) is 0 Å². The van der Waals surface area contributed by atoms with E-state index >= 15 is 0 Å². The topological polar surface area (TPSA) is 32.3 Å². The summed E-state index contributed by atoms with van der Waals surface area (Å²) in [4.78, 5) is 0. The van der Waals surface area contributed by atoms with E-state index in [0.29, 0.717) is 6.04 Å². The highest BCUT2D eigenvalue weighted by Crippen LogP contribution is 2.21. The Balaban J connectivity index is 2.12. The molecule has 0 spiro atoms. The Morgan fingerprint density at radius 2 is 2.09 bits per heavy atom. The Bertz CT molecular complexity index is 124. The smallest absolute Gasteiger partial charge is 0.0556 e. The van der Waals surface area contributed by atoms with Crippen LogP contribution in [-0.2, 0) is 0 Å². The second-order valence-electron chi connectivity index (χ2n) is 3.20. The van der Waals surface area contributed by atoms with Crippen LogP contribution in [0.4, 0.5) is 0 Å².